The average molecular weight is 392 g/mol. The van der Waals surface area contributed by atoms with Gasteiger partial charge in [-0.3, -0.25) is 0 Å². The van der Waals surface area contributed by atoms with Crippen molar-refractivity contribution in [1.29, 1.82) is 0 Å². The van der Waals surface area contributed by atoms with E-state index in [1.54, 1.807) is 12.1 Å². The van der Waals surface area contributed by atoms with Gasteiger partial charge < -0.3 is 4.84 Å². The van der Waals surface area contributed by atoms with E-state index in [9.17, 15) is 8.42 Å². The van der Waals surface area contributed by atoms with Gasteiger partial charge in [0.2, 0.25) is 5.90 Å². The monoisotopic (exact) mass is 392 g/mol. The number of hydrogen-bond donors (Lipinski definition) is 0. The van der Waals surface area contributed by atoms with Gasteiger partial charge in [-0.05, 0) is 30.2 Å². The summed E-state index contributed by atoms with van der Waals surface area (Å²) in [4.78, 5) is 5.48. The van der Waals surface area contributed by atoms with Crippen LogP contribution in [-0.4, -0.2) is 20.5 Å². The van der Waals surface area contributed by atoms with Gasteiger partial charge in [0.1, 0.15) is 0 Å². The Morgan fingerprint density at radius 2 is 1.50 bits per heavy atom. The van der Waals surface area contributed by atoms with Crippen LogP contribution in [0.5, 0.6) is 0 Å². The molecule has 0 spiro atoms. The summed E-state index contributed by atoms with van der Waals surface area (Å²) in [5.74, 6) is -0.000967. The highest BCUT2D eigenvalue weighted by Gasteiger charge is 2.16. The molecule has 3 aromatic carbocycles. The van der Waals surface area contributed by atoms with Crippen LogP contribution in [0.1, 0.15) is 16.7 Å². The number of aryl methyl sites for hydroxylation is 1. The molecule has 0 saturated carbocycles. The maximum absolute atomic E-state index is 12.7. The van der Waals surface area contributed by atoms with E-state index in [4.69, 9.17) is 4.84 Å². The Bertz CT molecular complexity index is 1060. The number of benzene rings is 3. The SMILES string of the molecule is Cc1ccc(S(=O)(=O)/N=C(\Cc2ccccc2)O/N=C/c2ccccc2)cc1. The van der Waals surface area contributed by atoms with Gasteiger partial charge in [-0.15, -0.1) is 4.40 Å². The molecule has 28 heavy (non-hydrogen) atoms. The molecule has 0 aliphatic rings. The number of oxime groups is 1. The third kappa shape index (κ3) is 5.62. The standard InChI is InChI=1S/C22H20N2O3S/c1-18-12-14-21(15-13-18)28(25,26)24-22(16-19-8-4-2-5-9-19)27-23-17-20-10-6-3-7-11-20/h2-15,17H,16H2,1H3/b23-17+,24-22+. The second-order valence-electron chi connectivity index (χ2n) is 6.17. The fraction of sp³-hybridized carbons (Fsp3) is 0.0909. The molecule has 0 unspecified atom stereocenters. The molecule has 0 aliphatic carbocycles. The zero-order chi connectivity index (χ0) is 19.8. The summed E-state index contributed by atoms with van der Waals surface area (Å²) < 4.78 is 29.2. The summed E-state index contributed by atoms with van der Waals surface area (Å²) in [6.07, 6.45) is 1.72. The predicted octanol–water partition coefficient (Wildman–Crippen LogP) is 4.38. The first-order valence-electron chi connectivity index (χ1n) is 8.73. The van der Waals surface area contributed by atoms with Crippen molar-refractivity contribution in [3.05, 3.63) is 102 Å². The minimum Gasteiger partial charge on any atom is -0.340 e. The Balaban J connectivity index is 1.87. The largest absolute Gasteiger partial charge is 0.340 e. The Morgan fingerprint density at radius 3 is 2.14 bits per heavy atom. The second kappa shape index (κ2) is 9.10. The van der Waals surface area contributed by atoms with Crippen LogP contribution in [0, 0.1) is 6.92 Å². The Hall–Kier alpha value is -3.25. The third-order valence-electron chi connectivity index (χ3n) is 3.90. The first-order valence-corrected chi connectivity index (χ1v) is 10.2. The van der Waals surface area contributed by atoms with Gasteiger partial charge in [0.05, 0.1) is 17.5 Å². The molecule has 3 rings (SSSR count). The van der Waals surface area contributed by atoms with Gasteiger partial charge in [0.15, 0.2) is 0 Å². The van der Waals surface area contributed by atoms with Gasteiger partial charge in [0.25, 0.3) is 10.0 Å². The van der Waals surface area contributed by atoms with Crippen molar-refractivity contribution in [3.63, 3.8) is 0 Å². The molecule has 0 N–H and O–H groups in total. The molecule has 6 heteroatoms. The molecule has 0 atom stereocenters. The first kappa shape index (κ1) is 19.5. The fourth-order valence-electron chi connectivity index (χ4n) is 2.44. The lowest BCUT2D eigenvalue weighted by atomic mass is 10.1. The van der Waals surface area contributed by atoms with Crippen molar-refractivity contribution in [2.45, 2.75) is 18.2 Å². The van der Waals surface area contributed by atoms with Gasteiger partial charge >= 0.3 is 0 Å². The van der Waals surface area contributed by atoms with E-state index in [0.29, 0.717) is 0 Å². The maximum atomic E-state index is 12.7. The van der Waals surface area contributed by atoms with Crippen LogP contribution in [0.3, 0.4) is 0 Å². The summed E-state index contributed by atoms with van der Waals surface area (Å²) in [5.41, 5.74) is 2.68. The van der Waals surface area contributed by atoms with Crippen molar-refractivity contribution in [3.8, 4) is 0 Å². The van der Waals surface area contributed by atoms with Gasteiger partial charge in [-0.1, -0.05) is 83.5 Å². The number of hydrogen-bond acceptors (Lipinski definition) is 4. The fourth-order valence-corrected chi connectivity index (χ4v) is 3.39. The number of rotatable bonds is 6. The molecule has 142 valence electrons. The molecule has 0 amide bonds. The molecule has 0 heterocycles. The van der Waals surface area contributed by atoms with E-state index < -0.39 is 10.0 Å². The highest BCUT2D eigenvalue weighted by atomic mass is 32.2. The smallest absolute Gasteiger partial charge is 0.285 e. The quantitative estimate of drug-likeness (QED) is 0.355. The molecule has 0 bridgehead atoms. The molecule has 0 radical (unpaired) electrons. The third-order valence-corrected chi connectivity index (χ3v) is 5.21. The second-order valence-corrected chi connectivity index (χ2v) is 7.78. The van der Waals surface area contributed by atoms with Crippen molar-refractivity contribution in [2.24, 2.45) is 9.55 Å². The summed E-state index contributed by atoms with van der Waals surface area (Å²) in [7, 11) is -3.90. The van der Waals surface area contributed by atoms with E-state index in [0.717, 1.165) is 16.7 Å². The van der Waals surface area contributed by atoms with E-state index >= 15 is 0 Å². The zero-order valence-corrected chi connectivity index (χ0v) is 16.2. The Morgan fingerprint density at radius 1 is 0.893 bits per heavy atom. The highest BCUT2D eigenvalue weighted by molar-refractivity contribution is 7.90. The van der Waals surface area contributed by atoms with Crippen LogP contribution in [0.15, 0.2) is 99.4 Å². The Labute approximate surface area is 165 Å². The lowest BCUT2D eigenvalue weighted by Crippen LogP contribution is -2.10. The van der Waals surface area contributed by atoms with E-state index in [1.807, 2.05) is 67.6 Å². The topological polar surface area (TPSA) is 68.1 Å². The minimum absolute atomic E-state index is 0.000967. The molecule has 0 saturated heterocycles. The van der Waals surface area contributed by atoms with Gasteiger partial charge in [-0.2, -0.15) is 8.42 Å². The van der Waals surface area contributed by atoms with Crippen molar-refractivity contribution >= 4 is 22.1 Å². The molecule has 3 aromatic rings. The maximum Gasteiger partial charge on any atom is 0.285 e. The lowest BCUT2D eigenvalue weighted by Gasteiger charge is -2.05. The summed E-state index contributed by atoms with van der Waals surface area (Å²) >= 11 is 0. The van der Waals surface area contributed by atoms with Crippen LogP contribution in [0.2, 0.25) is 0 Å². The normalized spacial score (nSPS) is 12.2. The number of sulfonamides is 1. The summed E-state index contributed by atoms with van der Waals surface area (Å²) in [5, 5.41) is 3.91. The minimum atomic E-state index is -3.90. The number of nitrogens with zero attached hydrogens (tertiary/aromatic N) is 2. The van der Waals surface area contributed by atoms with Crippen LogP contribution in [0.4, 0.5) is 0 Å². The molecule has 0 aliphatic heterocycles. The Kier molecular flexibility index (Phi) is 6.34. The van der Waals surface area contributed by atoms with Crippen molar-refractivity contribution in [1.82, 2.24) is 0 Å². The summed E-state index contributed by atoms with van der Waals surface area (Å²) in [6, 6.07) is 25.3. The van der Waals surface area contributed by atoms with E-state index in [-0.39, 0.29) is 17.2 Å². The predicted molar refractivity (Wildman–Crippen MR) is 111 cm³/mol. The van der Waals surface area contributed by atoms with E-state index in [1.165, 1.54) is 18.3 Å². The molecular weight excluding hydrogens is 372 g/mol. The highest BCUT2D eigenvalue weighted by Crippen LogP contribution is 2.15. The first-order chi connectivity index (χ1) is 13.5. The molecule has 5 nitrogen and oxygen atoms in total. The molecule has 0 fully saturated rings. The molecular formula is C22H20N2O3S. The van der Waals surface area contributed by atoms with Crippen LogP contribution in [-0.2, 0) is 21.3 Å². The van der Waals surface area contributed by atoms with Crippen LogP contribution < -0.4 is 0 Å². The van der Waals surface area contributed by atoms with Crippen LogP contribution >= 0.6 is 0 Å². The zero-order valence-electron chi connectivity index (χ0n) is 15.4. The van der Waals surface area contributed by atoms with Gasteiger partial charge in [-0.25, -0.2) is 0 Å². The van der Waals surface area contributed by atoms with Gasteiger partial charge in [0, 0.05) is 0 Å². The van der Waals surface area contributed by atoms with E-state index in [2.05, 4.69) is 9.55 Å². The average Bonchev–Trinajstić information content (AvgIpc) is 2.69. The van der Waals surface area contributed by atoms with Crippen LogP contribution in [0.25, 0.3) is 0 Å². The van der Waals surface area contributed by atoms with Crippen molar-refractivity contribution in [2.75, 3.05) is 0 Å². The molecule has 0 aromatic heterocycles. The van der Waals surface area contributed by atoms with Crippen molar-refractivity contribution < 1.29 is 13.3 Å². The lowest BCUT2D eigenvalue weighted by molar-refractivity contribution is 0.324. The summed E-state index contributed by atoms with van der Waals surface area (Å²) in [6.45, 7) is 1.89.